The molecule has 0 aliphatic rings. The molecular weight excluding hydrogens is 414 g/mol. The predicted molar refractivity (Wildman–Crippen MR) is 116 cm³/mol. The number of primary amides is 1. The Labute approximate surface area is 178 Å². The fraction of sp³-hybridized carbons (Fsp3) is 0.381. The van der Waals surface area contributed by atoms with Gasteiger partial charge in [0.25, 0.3) is 0 Å². The highest BCUT2D eigenvalue weighted by atomic mass is 35.5. The molecule has 0 saturated carbocycles. The third-order valence-electron chi connectivity index (χ3n) is 3.91. The van der Waals surface area contributed by atoms with Crippen LogP contribution in [0.1, 0.15) is 63.0 Å². The lowest BCUT2D eigenvalue weighted by atomic mass is 9.78. The van der Waals surface area contributed by atoms with Gasteiger partial charge in [-0.1, -0.05) is 71.3 Å². The van der Waals surface area contributed by atoms with Crippen molar-refractivity contribution in [3.8, 4) is 5.75 Å². The van der Waals surface area contributed by atoms with Crippen LogP contribution in [0.5, 0.6) is 5.75 Å². The lowest BCUT2D eigenvalue weighted by Crippen LogP contribution is -2.24. The van der Waals surface area contributed by atoms with Gasteiger partial charge in [-0.2, -0.15) is 8.42 Å². The van der Waals surface area contributed by atoms with Crippen molar-refractivity contribution in [2.75, 3.05) is 0 Å². The molecule has 0 atom stereocenters. The van der Waals surface area contributed by atoms with Gasteiger partial charge in [0.05, 0.1) is 0 Å². The summed E-state index contributed by atoms with van der Waals surface area (Å²) in [5.41, 5.74) is 5.54. The summed E-state index contributed by atoms with van der Waals surface area (Å²) in [6.07, 6.45) is 0. The van der Waals surface area contributed by atoms with Crippen LogP contribution in [-0.4, -0.2) is 18.9 Å². The number of benzene rings is 2. The molecule has 0 saturated heterocycles. The normalized spacial score (nSPS) is 12.0. The van der Waals surface area contributed by atoms with Crippen molar-refractivity contribution in [3.05, 3.63) is 64.2 Å². The van der Waals surface area contributed by atoms with Gasteiger partial charge < -0.3 is 9.92 Å². The Morgan fingerprint density at radius 2 is 1.38 bits per heavy atom. The number of hydrogen-bond acceptors (Lipinski definition) is 4. The van der Waals surface area contributed by atoms with Crippen LogP contribution in [0.4, 0.5) is 0 Å². The number of rotatable bonds is 3. The zero-order valence-electron chi connectivity index (χ0n) is 17.5. The van der Waals surface area contributed by atoms with Crippen LogP contribution in [0.25, 0.3) is 0 Å². The quantitative estimate of drug-likeness (QED) is 0.658. The first kappa shape index (κ1) is 24.9. The highest BCUT2D eigenvalue weighted by Gasteiger charge is 2.30. The molecule has 1 amide bonds. The van der Waals surface area contributed by atoms with Gasteiger partial charge in [0.1, 0.15) is 0 Å². The highest BCUT2D eigenvalue weighted by molar-refractivity contribution is 7.81. The Morgan fingerprint density at radius 3 is 1.62 bits per heavy atom. The Balaban J connectivity index is 0.000000502. The summed E-state index contributed by atoms with van der Waals surface area (Å²) >= 11 is 5.54. The Kier molecular flexibility index (Phi) is 7.87. The number of hydrogen-bond donors (Lipinski definition) is 2. The number of carbonyl (C=O) groups excluding carboxylic acids is 1. The van der Waals surface area contributed by atoms with E-state index in [4.69, 9.17) is 26.1 Å². The van der Waals surface area contributed by atoms with Crippen molar-refractivity contribution in [3.63, 3.8) is 0 Å². The predicted octanol–water partition coefficient (Wildman–Crippen LogP) is 4.90. The number of amides is 1. The number of halogens is 1. The molecule has 8 heteroatoms. The largest absolute Gasteiger partial charge is 0.446 e. The molecular formula is C21H28ClNO5S. The Hall–Kier alpha value is -2.09. The van der Waals surface area contributed by atoms with Gasteiger partial charge in [-0.15, -0.1) is 0 Å². The third kappa shape index (κ3) is 8.04. The van der Waals surface area contributed by atoms with Crippen LogP contribution in [0.3, 0.4) is 0 Å². The van der Waals surface area contributed by atoms with Crippen molar-refractivity contribution >= 4 is 27.9 Å². The van der Waals surface area contributed by atoms with Gasteiger partial charge >= 0.3 is 10.4 Å². The molecule has 2 aromatic carbocycles. The number of nitrogens with two attached hydrogens (primary N) is 1. The fourth-order valence-corrected chi connectivity index (χ4v) is 3.03. The molecule has 0 bridgehead atoms. The average Bonchev–Trinajstić information content (AvgIpc) is 2.52. The molecule has 0 aromatic heterocycles. The zero-order chi connectivity index (χ0) is 22.6. The first-order chi connectivity index (χ1) is 13.0. The van der Waals surface area contributed by atoms with E-state index in [9.17, 15) is 13.2 Å². The minimum Gasteiger partial charge on any atom is -0.366 e. The van der Waals surface area contributed by atoms with E-state index in [1.807, 2.05) is 71.9 Å². The summed E-state index contributed by atoms with van der Waals surface area (Å²) in [6, 6.07) is 12.4. The summed E-state index contributed by atoms with van der Waals surface area (Å²) < 4.78 is 36.4. The van der Waals surface area contributed by atoms with Crippen LogP contribution in [-0.2, 0) is 21.2 Å². The molecule has 0 radical (unpaired) electrons. The van der Waals surface area contributed by atoms with E-state index in [-0.39, 0.29) is 11.3 Å². The molecule has 6 nitrogen and oxygen atoms in total. The van der Waals surface area contributed by atoms with Crippen molar-refractivity contribution in [2.45, 2.75) is 52.4 Å². The van der Waals surface area contributed by atoms with E-state index in [0.29, 0.717) is 11.1 Å². The molecule has 2 rings (SSSR count). The summed E-state index contributed by atoms with van der Waals surface area (Å²) in [5.74, 6) is -0.582. The molecule has 0 unspecified atom stereocenters. The molecule has 160 valence electrons. The topological polar surface area (TPSA) is 107 Å². The maximum Gasteiger partial charge on any atom is 0.446 e. The molecule has 0 aliphatic carbocycles. The number of carbonyl (C=O) groups is 1. The van der Waals surface area contributed by atoms with E-state index < -0.39 is 27.1 Å². The third-order valence-corrected chi connectivity index (χ3v) is 4.54. The highest BCUT2D eigenvalue weighted by Crippen LogP contribution is 2.41. The first-order valence-electron chi connectivity index (χ1n) is 8.88. The second-order valence-electron chi connectivity index (χ2n) is 8.57. The SMILES string of the molecule is CC(C)(C)c1cc(C(N)=O)cc(C(C)(C)C)c1OS(=O)(=O)O.Clc1ccccc1. The van der Waals surface area contributed by atoms with Crippen LogP contribution >= 0.6 is 11.6 Å². The van der Waals surface area contributed by atoms with Gasteiger partial charge in [-0.3, -0.25) is 9.35 Å². The second-order valence-corrected chi connectivity index (χ2v) is 10.0. The van der Waals surface area contributed by atoms with Gasteiger partial charge in [-0.05, 0) is 35.1 Å². The molecule has 29 heavy (non-hydrogen) atoms. The standard InChI is InChI=1S/C15H23NO5S.C6H5Cl/c1-14(2,3)10-7-9(13(16)17)8-11(15(4,5)6)12(10)21-22(18,19)20;7-6-4-2-1-3-5-6/h7-8H,1-6H3,(H2,16,17)(H,18,19,20);1-5H. The van der Waals surface area contributed by atoms with Crippen molar-refractivity contribution < 1.29 is 21.9 Å². The summed E-state index contributed by atoms with van der Waals surface area (Å²) in [4.78, 5) is 11.6. The molecule has 2 aromatic rings. The Morgan fingerprint density at radius 1 is 0.966 bits per heavy atom. The first-order valence-corrected chi connectivity index (χ1v) is 10.6. The van der Waals surface area contributed by atoms with Crippen LogP contribution in [0, 0.1) is 0 Å². The summed E-state index contributed by atoms with van der Waals surface area (Å²) in [7, 11) is -4.69. The summed E-state index contributed by atoms with van der Waals surface area (Å²) in [5, 5.41) is 0.794. The zero-order valence-corrected chi connectivity index (χ0v) is 19.1. The fourth-order valence-electron chi connectivity index (χ4n) is 2.50. The van der Waals surface area contributed by atoms with Crippen LogP contribution in [0.2, 0.25) is 5.02 Å². The van der Waals surface area contributed by atoms with Gasteiger partial charge in [0.15, 0.2) is 5.75 Å². The Bertz CT molecular complexity index is 924. The smallest absolute Gasteiger partial charge is 0.366 e. The van der Waals surface area contributed by atoms with E-state index in [2.05, 4.69) is 0 Å². The maximum atomic E-state index is 11.6. The van der Waals surface area contributed by atoms with E-state index in [0.717, 1.165) is 5.02 Å². The van der Waals surface area contributed by atoms with E-state index >= 15 is 0 Å². The van der Waals surface area contributed by atoms with E-state index in [1.54, 1.807) is 0 Å². The summed E-state index contributed by atoms with van der Waals surface area (Å²) in [6.45, 7) is 11.1. The van der Waals surface area contributed by atoms with Crippen molar-refractivity contribution in [1.29, 1.82) is 0 Å². The average molecular weight is 442 g/mol. The van der Waals surface area contributed by atoms with Gasteiger partial charge in [-0.25, -0.2) is 0 Å². The second kappa shape index (κ2) is 9.15. The van der Waals surface area contributed by atoms with Crippen molar-refractivity contribution in [1.82, 2.24) is 0 Å². The minimum atomic E-state index is -4.69. The van der Waals surface area contributed by atoms with Crippen molar-refractivity contribution in [2.24, 2.45) is 5.73 Å². The molecule has 0 spiro atoms. The molecule has 3 N–H and O–H groups in total. The monoisotopic (exact) mass is 441 g/mol. The molecule has 0 aliphatic heterocycles. The minimum absolute atomic E-state index is 0.0347. The molecule has 0 heterocycles. The maximum absolute atomic E-state index is 11.6. The van der Waals surface area contributed by atoms with Crippen LogP contribution in [0.15, 0.2) is 42.5 Å². The molecule has 0 fully saturated rings. The van der Waals surface area contributed by atoms with Crippen LogP contribution < -0.4 is 9.92 Å². The lowest BCUT2D eigenvalue weighted by molar-refractivity contribution is 0.1000. The van der Waals surface area contributed by atoms with Gasteiger partial charge in [0, 0.05) is 21.7 Å². The lowest BCUT2D eigenvalue weighted by Gasteiger charge is -2.29. The van der Waals surface area contributed by atoms with E-state index in [1.165, 1.54) is 12.1 Å². The van der Waals surface area contributed by atoms with Gasteiger partial charge in [0.2, 0.25) is 5.91 Å².